The zero-order chi connectivity index (χ0) is 15.6. The molecule has 0 aliphatic carbocycles. The van der Waals surface area contributed by atoms with Gasteiger partial charge in [0.2, 0.25) is 0 Å². The average molecular weight is 301 g/mol. The first-order valence-corrected chi connectivity index (χ1v) is 7.52. The lowest BCUT2D eigenvalue weighted by molar-refractivity contribution is 0.155. The molecule has 2 N–H and O–H groups in total. The van der Waals surface area contributed by atoms with Crippen LogP contribution < -0.4 is 4.74 Å². The number of hydrogen-bond acceptors (Lipinski definition) is 4. The Bertz CT molecular complexity index is 539. The van der Waals surface area contributed by atoms with Gasteiger partial charge in [0, 0.05) is 19.6 Å². The molecule has 0 atom stereocenters. The van der Waals surface area contributed by atoms with Crippen molar-refractivity contribution in [2.45, 2.75) is 13.2 Å². The molecule has 0 fully saturated rings. The van der Waals surface area contributed by atoms with Crippen LogP contribution in [0, 0.1) is 0 Å². The molecule has 0 radical (unpaired) electrons. The molecule has 0 aliphatic heterocycles. The number of rotatable bonds is 9. The van der Waals surface area contributed by atoms with Crippen molar-refractivity contribution < 1.29 is 14.9 Å². The highest BCUT2D eigenvalue weighted by Gasteiger charge is 2.09. The molecule has 0 unspecified atom stereocenters. The Kier molecular flexibility index (Phi) is 6.90. The molecule has 0 aromatic heterocycles. The predicted octanol–water partition coefficient (Wildman–Crippen LogP) is 2.05. The summed E-state index contributed by atoms with van der Waals surface area (Å²) in [5.41, 5.74) is 2.27. The molecule has 0 aliphatic rings. The fraction of sp³-hybridized carbons (Fsp3) is 0.333. The summed E-state index contributed by atoms with van der Waals surface area (Å²) in [5.74, 6) is 0.847. The summed E-state index contributed by atoms with van der Waals surface area (Å²) in [6.45, 7) is 2.47. The number of hydrogen-bond donors (Lipinski definition) is 2. The summed E-state index contributed by atoms with van der Waals surface area (Å²) < 4.78 is 5.82. The summed E-state index contributed by atoms with van der Waals surface area (Å²) in [4.78, 5) is 2.03. The highest BCUT2D eigenvalue weighted by atomic mass is 16.5. The normalized spacial score (nSPS) is 10.9. The Hall–Kier alpha value is -1.88. The fourth-order valence-electron chi connectivity index (χ4n) is 2.32. The Morgan fingerprint density at radius 1 is 0.773 bits per heavy atom. The van der Waals surface area contributed by atoms with Crippen molar-refractivity contribution in [2.24, 2.45) is 0 Å². The first-order valence-electron chi connectivity index (χ1n) is 7.52. The Morgan fingerprint density at radius 2 is 1.36 bits per heavy atom. The molecule has 118 valence electrons. The second-order valence-corrected chi connectivity index (χ2v) is 5.09. The maximum absolute atomic E-state index is 9.11. The van der Waals surface area contributed by atoms with E-state index in [0.29, 0.717) is 26.2 Å². The molecule has 4 heteroatoms. The van der Waals surface area contributed by atoms with Crippen LogP contribution >= 0.6 is 0 Å². The van der Waals surface area contributed by atoms with Crippen LogP contribution in [0.2, 0.25) is 0 Å². The lowest BCUT2D eigenvalue weighted by atomic mass is 10.1. The quantitative estimate of drug-likeness (QED) is 0.744. The van der Waals surface area contributed by atoms with Crippen molar-refractivity contribution in [1.82, 2.24) is 4.90 Å². The molecular formula is C18H23NO3. The minimum atomic E-state index is 0.0860. The first kappa shape index (κ1) is 16.5. The highest BCUT2D eigenvalue weighted by molar-refractivity contribution is 5.28. The van der Waals surface area contributed by atoms with Crippen molar-refractivity contribution in [3.05, 3.63) is 65.7 Å². The van der Waals surface area contributed by atoms with E-state index in [1.54, 1.807) is 0 Å². The molecule has 2 aromatic rings. The van der Waals surface area contributed by atoms with Gasteiger partial charge in [0.25, 0.3) is 0 Å². The third kappa shape index (κ3) is 5.15. The van der Waals surface area contributed by atoms with Crippen LogP contribution in [0.15, 0.2) is 54.6 Å². The predicted molar refractivity (Wildman–Crippen MR) is 86.7 cm³/mol. The Balaban J connectivity index is 2.02. The van der Waals surface area contributed by atoms with Gasteiger partial charge in [-0.3, -0.25) is 4.90 Å². The van der Waals surface area contributed by atoms with E-state index in [-0.39, 0.29) is 13.2 Å². The third-order valence-electron chi connectivity index (χ3n) is 3.48. The van der Waals surface area contributed by atoms with E-state index in [9.17, 15) is 0 Å². The number of aliphatic hydroxyl groups is 2. The number of para-hydroxylation sites is 1. The van der Waals surface area contributed by atoms with E-state index >= 15 is 0 Å². The van der Waals surface area contributed by atoms with Crippen molar-refractivity contribution >= 4 is 0 Å². The van der Waals surface area contributed by atoms with Gasteiger partial charge >= 0.3 is 0 Å². The lowest BCUT2D eigenvalue weighted by Crippen LogP contribution is -2.29. The van der Waals surface area contributed by atoms with Crippen LogP contribution in [0.4, 0.5) is 0 Å². The molecule has 0 saturated heterocycles. The largest absolute Gasteiger partial charge is 0.489 e. The van der Waals surface area contributed by atoms with Gasteiger partial charge in [-0.05, 0) is 23.3 Å². The van der Waals surface area contributed by atoms with Crippen molar-refractivity contribution in [2.75, 3.05) is 26.3 Å². The van der Waals surface area contributed by atoms with E-state index in [2.05, 4.69) is 6.07 Å². The van der Waals surface area contributed by atoms with Crippen molar-refractivity contribution in [1.29, 1.82) is 0 Å². The first-order chi connectivity index (χ1) is 10.8. The molecule has 0 bridgehead atoms. The standard InChI is InChI=1S/C18H23NO3/c20-12-10-19(11-13-21)14-16-6-4-5-7-17(16)15-22-18-8-2-1-3-9-18/h1-9,20-21H,10-15H2. The molecule has 0 spiro atoms. The molecule has 2 rings (SSSR count). The van der Waals surface area contributed by atoms with Gasteiger partial charge in [-0.25, -0.2) is 0 Å². The minimum Gasteiger partial charge on any atom is -0.489 e. The number of benzene rings is 2. The van der Waals surface area contributed by atoms with E-state index in [1.165, 1.54) is 0 Å². The van der Waals surface area contributed by atoms with Crippen LogP contribution in [0.5, 0.6) is 5.75 Å². The van der Waals surface area contributed by atoms with Gasteiger partial charge < -0.3 is 14.9 Å². The lowest BCUT2D eigenvalue weighted by Gasteiger charge is -2.22. The molecule has 0 heterocycles. The maximum Gasteiger partial charge on any atom is 0.119 e. The summed E-state index contributed by atoms with van der Waals surface area (Å²) in [5, 5.41) is 18.2. The van der Waals surface area contributed by atoms with Crippen LogP contribution in [-0.4, -0.2) is 41.4 Å². The molecule has 2 aromatic carbocycles. The molecule has 4 nitrogen and oxygen atoms in total. The smallest absolute Gasteiger partial charge is 0.119 e. The van der Waals surface area contributed by atoms with Gasteiger partial charge in [0.1, 0.15) is 12.4 Å². The maximum atomic E-state index is 9.11. The summed E-state index contributed by atoms with van der Waals surface area (Å²) in [7, 11) is 0. The second-order valence-electron chi connectivity index (χ2n) is 5.09. The molecule has 22 heavy (non-hydrogen) atoms. The summed E-state index contributed by atoms with van der Waals surface area (Å²) in [6.07, 6.45) is 0. The number of aliphatic hydroxyl groups excluding tert-OH is 2. The second kappa shape index (κ2) is 9.20. The number of ether oxygens (including phenoxy) is 1. The van der Waals surface area contributed by atoms with E-state index in [1.807, 2.05) is 53.4 Å². The van der Waals surface area contributed by atoms with Gasteiger partial charge in [0.15, 0.2) is 0 Å². The van der Waals surface area contributed by atoms with Gasteiger partial charge in [0.05, 0.1) is 13.2 Å². The molecule has 0 amide bonds. The SMILES string of the molecule is OCCN(CCO)Cc1ccccc1COc1ccccc1. The van der Waals surface area contributed by atoms with E-state index < -0.39 is 0 Å². The summed E-state index contributed by atoms with van der Waals surface area (Å²) >= 11 is 0. The zero-order valence-corrected chi connectivity index (χ0v) is 12.7. The van der Waals surface area contributed by atoms with Gasteiger partial charge in [-0.2, -0.15) is 0 Å². The fourth-order valence-corrected chi connectivity index (χ4v) is 2.32. The van der Waals surface area contributed by atoms with Crippen molar-refractivity contribution in [3.8, 4) is 5.75 Å². The molecular weight excluding hydrogens is 278 g/mol. The average Bonchev–Trinajstić information content (AvgIpc) is 2.55. The van der Waals surface area contributed by atoms with Crippen LogP contribution in [0.3, 0.4) is 0 Å². The monoisotopic (exact) mass is 301 g/mol. The minimum absolute atomic E-state index is 0.0860. The summed E-state index contributed by atoms with van der Waals surface area (Å²) in [6, 6.07) is 17.8. The van der Waals surface area contributed by atoms with Gasteiger partial charge in [-0.15, -0.1) is 0 Å². The van der Waals surface area contributed by atoms with Crippen molar-refractivity contribution in [3.63, 3.8) is 0 Å². The molecule has 0 saturated carbocycles. The topological polar surface area (TPSA) is 52.9 Å². The Morgan fingerprint density at radius 3 is 2.00 bits per heavy atom. The van der Waals surface area contributed by atoms with E-state index in [0.717, 1.165) is 16.9 Å². The van der Waals surface area contributed by atoms with Gasteiger partial charge in [-0.1, -0.05) is 42.5 Å². The third-order valence-corrected chi connectivity index (χ3v) is 3.48. The van der Waals surface area contributed by atoms with Crippen LogP contribution in [0.25, 0.3) is 0 Å². The van der Waals surface area contributed by atoms with E-state index in [4.69, 9.17) is 14.9 Å². The van der Waals surface area contributed by atoms with Crippen LogP contribution in [-0.2, 0) is 13.2 Å². The Labute approximate surface area is 131 Å². The number of nitrogens with zero attached hydrogens (tertiary/aromatic N) is 1. The van der Waals surface area contributed by atoms with Crippen LogP contribution in [0.1, 0.15) is 11.1 Å². The highest BCUT2D eigenvalue weighted by Crippen LogP contribution is 2.16. The zero-order valence-electron chi connectivity index (χ0n) is 12.7.